The number of morpholine rings is 1. The second-order valence-electron chi connectivity index (χ2n) is 7.87. The maximum Gasteiger partial charge on any atom is 0.160 e. The third-order valence-corrected chi connectivity index (χ3v) is 5.66. The molecular formula is C23H22N8O. The fourth-order valence-electron chi connectivity index (χ4n) is 4.02. The van der Waals surface area contributed by atoms with Crippen molar-refractivity contribution in [1.82, 2.24) is 34.6 Å². The Morgan fingerprint density at radius 3 is 2.69 bits per heavy atom. The van der Waals surface area contributed by atoms with Gasteiger partial charge in [-0.05, 0) is 19.1 Å². The third-order valence-electron chi connectivity index (χ3n) is 5.66. The summed E-state index contributed by atoms with van der Waals surface area (Å²) in [6.45, 7) is 5.06. The minimum atomic E-state index is 0.689. The minimum absolute atomic E-state index is 0.689. The lowest BCUT2D eigenvalue weighted by Gasteiger charge is -2.29. The Morgan fingerprint density at radius 1 is 0.969 bits per heavy atom. The largest absolute Gasteiger partial charge is 0.378 e. The molecule has 0 amide bonds. The lowest BCUT2D eigenvalue weighted by Crippen LogP contribution is -2.37. The number of fused-ring (bicyclic) bond motifs is 1. The molecule has 1 saturated heterocycles. The molecule has 0 radical (unpaired) electrons. The molecule has 5 aromatic rings. The van der Waals surface area contributed by atoms with Crippen molar-refractivity contribution in [3.63, 3.8) is 0 Å². The van der Waals surface area contributed by atoms with Gasteiger partial charge in [0, 0.05) is 48.7 Å². The van der Waals surface area contributed by atoms with E-state index in [0.717, 1.165) is 52.9 Å². The average Bonchev–Trinajstić information content (AvgIpc) is 3.59. The van der Waals surface area contributed by atoms with Crippen LogP contribution >= 0.6 is 0 Å². The lowest BCUT2D eigenvalue weighted by molar-refractivity contribution is 0.122. The lowest BCUT2D eigenvalue weighted by atomic mass is 10.1. The monoisotopic (exact) mass is 426 g/mol. The highest BCUT2D eigenvalue weighted by Crippen LogP contribution is 2.26. The van der Waals surface area contributed by atoms with Crippen LogP contribution in [0.5, 0.6) is 0 Å². The van der Waals surface area contributed by atoms with Crippen molar-refractivity contribution in [2.45, 2.75) is 6.92 Å². The summed E-state index contributed by atoms with van der Waals surface area (Å²) < 4.78 is 9.27. The number of anilines is 1. The smallest absolute Gasteiger partial charge is 0.160 e. The topological polar surface area (TPSA) is 89.2 Å². The van der Waals surface area contributed by atoms with Crippen LogP contribution < -0.4 is 4.90 Å². The Hall–Kier alpha value is -3.98. The highest BCUT2D eigenvalue weighted by molar-refractivity contribution is 5.66. The van der Waals surface area contributed by atoms with Crippen molar-refractivity contribution in [1.29, 1.82) is 0 Å². The molecule has 1 fully saturated rings. The molecule has 32 heavy (non-hydrogen) atoms. The van der Waals surface area contributed by atoms with E-state index < -0.39 is 0 Å². The summed E-state index contributed by atoms with van der Waals surface area (Å²) in [6, 6.07) is 14.4. The van der Waals surface area contributed by atoms with E-state index >= 15 is 0 Å². The van der Waals surface area contributed by atoms with E-state index in [2.05, 4.69) is 40.2 Å². The molecule has 0 aliphatic carbocycles. The van der Waals surface area contributed by atoms with E-state index in [9.17, 15) is 0 Å². The number of aromatic amines is 1. The number of rotatable bonds is 4. The number of hydrogen-bond donors (Lipinski definition) is 1. The first kappa shape index (κ1) is 18.8. The number of benzene rings is 1. The van der Waals surface area contributed by atoms with Crippen LogP contribution in [0.1, 0.15) is 5.56 Å². The molecule has 0 unspecified atom stereocenters. The van der Waals surface area contributed by atoms with E-state index in [1.807, 2.05) is 45.9 Å². The van der Waals surface area contributed by atoms with Gasteiger partial charge in [-0.15, -0.1) is 0 Å². The van der Waals surface area contributed by atoms with E-state index in [-0.39, 0.29) is 0 Å². The van der Waals surface area contributed by atoms with Gasteiger partial charge in [-0.3, -0.25) is 5.10 Å². The zero-order chi connectivity index (χ0) is 21.5. The van der Waals surface area contributed by atoms with Gasteiger partial charge in [0.1, 0.15) is 5.82 Å². The number of nitrogens with one attached hydrogen (secondary N) is 1. The van der Waals surface area contributed by atoms with Crippen LogP contribution in [0.25, 0.3) is 34.0 Å². The minimum Gasteiger partial charge on any atom is -0.378 e. The predicted molar refractivity (Wildman–Crippen MR) is 121 cm³/mol. The van der Waals surface area contributed by atoms with Gasteiger partial charge in [0.05, 0.1) is 30.8 Å². The predicted octanol–water partition coefficient (Wildman–Crippen LogP) is 3.12. The summed E-state index contributed by atoms with van der Waals surface area (Å²) in [4.78, 5) is 7.15. The second kappa shape index (κ2) is 7.61. The molecule has 6 rings (SSSR count). The average molecular weight is 426 g/mol. The molecule has 0 atom stereocenters. The molecule has 9 nitrogen and oxygen atoms in total. The normalized spacial score (nSPS) is 14.3. The molecule has 1 N–H and O–H groups in total. The Morgan fingerprint density at radius 2 is 1.88 bits per heavy atom. The van der Waals surface area contributed by atoms with Gasteiger partial charge < -0.3 is 9.64 Å². The van der Waals surface area contributed by atoms with E-state index in [1.54, 1.807) is 6.20 Å². The Balaban J connectivity index is 1.47. The summed E-state index contributed by atoms with van der Waals surface area (Å²) in [5.74, 6) is 1.71. The molecule has 0 bridgehead atoms. The van der Waals surface area contributed by atoms with Crippen LogP contribution in [-0.4, -0.2) is 60.9 Å². The molecule has 160 valence electrons. The second-order valence-corrected chi connectivity index (χ2v) is 7.87. The van der Waals surface area contributed by atoms with E-state index in [4.69, 9.17) is 19.9 Å². The molecule has 1 aliphatic rings. The van der Waals surface area contributed by atoms with Crippen LogP contribution in [-0.2, 0) is 4.74 Å². The first-order valence-corrected chi connectivity index (χ1v) is 10.6. The van der Waals surface area contributed by atoms with Crippen LogP contribution in [0.15, 0.2) is 61.1 Å². The molecule has 4 aromatic heterocycles. The Kier molecular flexibility index (Phi) is 4.46. The highest BCUT2D eigenvalue weighted by Gasteiger charge is 2.19. The van der Waals surface area contributed by atoms with Crippen molar-refractivity contribution in [3.8, 4) is 28.3 Å². The molecule has 0 spiro atoms. The van der Waals surface area contributed by atoms with Gasteiger partial charge in [0.2, 0.25) is 0 Å². The fourth-order valence-corrected chi connectivity index (χ4v) is 4.02. The summed E-state index contributed by atoms with van der Waals surface area (Å²) in [6.07, 6.45) is 5.55. The van der Waals surface area contributed by atoms with Crippen LogP contribution in [0.3, 0.4) is 0 Å². The third kappa shape index (κ3) is 3.32. The Bertz CT molecular complexity index is 1380. The number of aryl methyl sites for hydroxylation is 1. The number of hydrogen-bond acceptors (Lipinski definition) is 6. The highest BCUT2D eigenvalue weighted by atomic mass is 16.5. The maximum absolute atomic E-state index is 5.56. The zero-order valence-corrected chi connectivity index (χ0v) is 17.6. The van der Waals surface area contributed by atoms with Crippen molar-refractivity contribution in [2.24, 2.45) is 0 Å². The van der Waals surface area contributed by atoms with Gasteiger partial charge in [-0.2, -0.15) is 19.8 Å². The Labute approximate surface area is 184 Å². The van der Waals surface area contributed by atoms with Crippen molar-refractivity contribution in [3.05, 3.63) is 66.6 Å². The number of H-pyrrole nitrogens is 1. The van der Waals surface area contributed by atoms with Gasteiger partial charge in [-0.25, -0.2) is 9.67 Å². The fraction of sp³-hybridized carbons (Fsp3) is 0.217. The van der Waals surface area contributed by atoms with Gasteiger partial charge in [0.15, 0.2) is 11.5 Å². The van der Waals surface area contributed by atoms with Gasteiger partial charge in [-0.1, -0.05) is 23.8 Å². The summed E-state index contributed by atoms with van der Waals surface area (Å²) in [5, 5.41) is 16.5. The van der Waals surface area contributed by atoms with Crippen molar-refractivity contribution < 1.29 is 4.74 Å². The molecular weight excluding hydrogens is 404 g/mol. The van der Waals surface area contributed by atoms with Crippen molar-refractivity contribution >= 4 is 11.5 Å². The number of ether oxygens (including phenoxy) is 1. The standard InChI is InChI=1S/C23H22N8O/c1-16-3-2-4-17(11-16)19-5-6-30(27-19)21-13-23(29-7-9-32-10-8-29)31-22(26-21)12-20(28-31)18-14-24-25-15-18/h2-6,11-15H,7-10H2,1H3,(H,24,25). The molecule has 1 aliphatic heterocycles. The first-order chi connectivity index (χ1) is 15.7. The van der Waals surface area contributed by atoms with Crippen LogP contribution in [0, 0.1) is 6.92 Å². The SMILES string of the molecule is Cc1cccc(-c2ccn(-c3cc(N4CCOCC4)n4nc(-c5cn[nH]c5)cc4n3)n2)c1. The van der Waals surface area contributed by atoms with Gasteiger partial charge in [0.25, 0.3) is 0 Å². The summed E-state index contributed by atoms with van der Waals surface area (Å²) in [5.41, 5.74) is 5.70. The zero-order valence-electron chi connectivity index (χ0n) is 17.6. The van der Waals surface area contributed by atoms with E-state index in [1.165, 1.54) is 5.56 Å². The first-order valence-electron chi connectivity index (χ1n) is 10.6. The maximum atomic E-state index is 5.56. The molecule has 9 heteroatoms. The van der Waals surface area contributed by atoms with Crippen LogP contribution in [0.4, 0.5) is 5.82 Å². The van der Waals surface area contributed by atoms with Gasteiger partial charge >= 0.3 is 0 Å². The summed E-state index contributed by atoms with van der Waals surface area (Å²) >= 11 is 0. The molecule has 5 heterocycles. The quantitative estimate of drug-likeness (QED) is 0.475. The number of aromatic nitrogens is 7. The molecule has 0 saturated carbocycles. The van der Waals surface area contributed by atoms with E-state index in [0.29, 0.717) is 13.2 Å². The summed E-state index contributed by atoms with van der Waals surface area (Å²) in [7, 11) is 0. The number of nitrogens with zero attached hydrogens (tertiary/aromatic N) is 7. The van der Waals surface area contributed by atoms with Crippen molar-refractivity contribution in [2.75, 3.05) is 31.2 Å². The van der Waals surface area contributed by atoms with Crippen LogP contribution in [0.2, 0.25) is 0 Å². The molecule has 1 aromatic carbocycles.